The summed E-state index contributed by atoms with van der Waals surface area (Å²) in [4.78, 5) is 4.03. The second kappa shape index (κ2) is 5.26. The largest absolute Gasteiger partial charge is 0.461 e. The van der Waals surface area contributed by atoms with E-state index >= 15 is 0 Å². The number of halogens is 4. The zero-order chi connectivity index (χ0) is 13.9. The summed E-state index contributed by atoms with van der Waals surface area (Å²) in [6, 6.07) is 10.6. The molecule has 0 radical (unpaired) electrons. The summed E-state index contributed by atoms with van der Waals surface area (Å²) in [6.45, 7) is 0. The summed E-state index contributed by atoms with van der Waals surface area (Å²) in [7, 11) is 0. The lowest BCUT2D eigenvalue weighted by Crippen LogP contribution is -2.33. The molecule has 1 aromatic carbocycles. The number of nitrogens with zero attached hydrogens (tertiary/aromatic N) is 1. The highest BCUT2D eigenvalue weighted by Gasteiger charge is 2.43. The number of benzene rings is 1. The number of pyridine rings is 1. The van der Waals surface area contributed by atoms with Crippen LogP contribution < -0.4 is 4.74 Å². The Labute approximate surface area is 106 Å². The van der Waals surface area contributed by atoms with Gasteiger partial charge < -0.3 is 4.74 Å². The van der Waals surface area contributed by atoms with Crippen LogP contribution in [0, 0.1) is 0 Å². The molecule has 1 heterocycles. The minimum atomic E-state index is -4.51. The first kappa shape index (κ1) is 13.3. The van der Waals surface area contributed by atoms with Gasteiger partial charge in [0.1, 0.15) is 5.75 Å². The Bertz CT molecular complexity index is 545. The molecule has 0 saturated carbocycles. The molecule has 0 aliphatic rings. The van der Waals surface area contributed by atoms with Gasteiger partial charge in [0, 0.05) is 11.8 Å². The van der Waals surface area contributed by atoms with E-state index in [1.54, 1.807) is 24.3 Å². The lowest BCUT2D eigenvalue weighted by atomic mass is 10.1. The first-order valence-electron chi connectivity index (χ1n) is 5.35. The monoisotopic (exact) mass is 271 g/mol. The van der Waals surface area contributed by atoms with Crippen LogP contribution in [0.1, 0.15) is 0 Å². The van der Waals surface area contributed by atoms with Gasteiger partial charge in [-0.2, -0.15) is 17.6 Å². The molecule has 0 fully saturated rings. The zero-order valence-electron chi connectivity index (χ0n) is 9.56. The molecule has 0 aliphatic heterocycles. The fourth-order valence-corrected chi connectivity index (χ4v) is 1.45. The normalized spacial score (nSPS) is 11.6. The van der Waals surface area contributed by atoms with Crippen LogP contribution in [0.3, 0.4) is 0 Å². The van der Waals surface area contributed by atoms with Crippen molar-refractivity contribution in [1.82, 2.24) is 4.98 Å². The van der Waals surface area contributed by atoms with Gasteiger partial charge in [-0.3, -0.25) is 4.98 Å². The fourth-order valence-electron chi connectivity index (χ4n) is 1.45. The third-order valence-electron chi connectivity index (χ3n) is 2.30. The quantitative estimate of drug-likeness (QED) is 0.784. The molecule has 0 aliphatic carbocycles. The van der Waals surface area contributed by atoms with Crippen LogP contribution in [0.4, 0.5) is 17.6 Å². The van der Waals surface area contributed by atoms with E-state index in [9.17, 15) is 17.6 Å². The van der Waals surface area contributed by atoms with E-state index in [0.29, 0.717) is 11.3 Å². The smallest absolute Gasteiger partial charge is 0.428 e. The van der Waals surface area contributed by atoms with Crippen LogP contribution in [-0.4, -0.2) is 17.5 Å². The first-order chi connectivity index (χ1) is 8.99. The summed E-state index contributed by atoms with van der Waals surface area (Å²) < 4.78 is 53.6. The molecular formula is C13H9F4NO. The van der Waals surface area contributed by atoms with E-state index in [2.05, 4.69) is 9.72 Å². The van der Waals surface area contributed by atoms with Gasteiger partial charge in [0.15, 0.2) is 0 Å². The van der Waals surface area contributed by atoms with E-state index in [-0.39, 0.29) is 5.75 Å². The van der Waals surface area contributed by atoms with Crippen LogP contribution in [0.5, 0.6) is 5.75 Å². The Morgan fingerprint density at radius 2 is 1.84 bits per heavy atom. The molecule has 0 saturated heterocycles. The number of ether oxygens (including phenoxy) is 1. The summed E-state index contributed by atoms with van der Waals surface area (Å²) in [5.41, 5.74) is 1.04. The highest BCUT2D eigenvalue weighted by atomic mass is 19.3. The third-order valence-corrected chi connectivity index (χ3v) is 2.30. The molecule has 1 aromatic heterocycles. The molecule has 0 atom stereocenters. The van der Waals surface area contributed by atoms with E-state index < -0.39 is 12.5 Å². The molecule has 19 heavy (non-hydrogen) atoms. The summed E-state index contributed by atoms with van der Waals surface area (Å²) in [5.74, 6) is -0.339. The Hall–Kier alpha value is -2.11. The van der Waals surface area contributed by atoms with Gasteiger partial charge in [-0.15, -0.1) is 0 Å². The second-order valence-corrected chi connectivity index (χ2v) is 3.71. The van der Waals surface area contributed by atoms with Gasteiger partial charge in [0.25, 0.3) is 0 Å². The molecule has 0 unspecified atom stereocenters. The Morgan fingerprint density at radius 3 is 2.47 bits per heavy atom. The van der Waals surface area contributed by atoms with Gasteiger partial charge >= 0.3 is 12.5 Å². The van der Waals surface area contributed by atoms with E-state index in [1.807, 2.05) is 0 Å². The maximum atomic E-state index is 12.8. The molecule has 2 aromatic rings. The number of hydrogen-bond donors (Lipinski definition) is 0. The summed E-state index contributed by atoms with van der Waals surface area (Å²) >= 11 is 0. The van der Waals surface area contributed by atoms with Gasteiger partial charge in [0.2, 0.25) is 0 Å². The van der Waals surface area contributed by atoms with Crippen molar-refractivity contribution in [3.63, 3.8) is 0 Å². The van der Waals surface area contributed by atoms with Crippen molar-refractivity contribution in [2.24, 2.45) is 0 Å². The Balaban J connectivity index is 2.26. The fraction of sp³-hybridized carbons (Fsp3) is 0.154. The third kappa shape index (κ3) is 3.21. The average Bonchev–Trinajstić information content (AvgIpc) is 2.39. The first-order valence-corrected chi connectivity index (χ1v) is 5.35. The Kier molecular flexibility index (Phi) is 3.69. The van der Waals surface area contributed by atoms with Crippen LogP contribution >= 0.6 is 0 Å². The van der Waals surface area contributed by atoms with Gasteiger partial charge in [0.05, 0.1) is 5.69 Å². The molecule has 0 N–H and O–H groups in total. The van der Waals surface area contributed by atoms with Gasteiger partial charge in [-0.05, 0) is 24.3 Å². The molecular weight excluding hydrogens is 262 g/mol. The zero-order valence-corrected chi connectivity index (χ0v) is 9.56. The standard InChI is InChI=1S/C13H9F4NO/c14-12(15)13(16,17)19-10-5-3-4-9(8-10)11-6-1-2-7-18-11/h1-8,12H. The van der Waals surface area contributed by atoms with Crippen LogP contribution in [0.2, 0.25) is 0 Å². The molecule has 100 valence electrons. The highest BCUT2D eigenvalue weighted by Crippen LogP contribution is 2.29. The van der Waals surface area contributed by atoms with Gasteiger partial charge in [-0.25, -0.2) is 0 Å². The number of hydrogen-bond acceptors (Lipinski definition) is 2. The molecule has 6 heteroatoms. The van der Waals surface area contributed by atoms with Crippen molar-refractivity contribution < 1.29 is 22.3 Å². The Morgan fingerprint density at radius 1 is 1.05 bits per heavy atom. The van der Waals surface area contributed by atoms with Crippen LogP contribution in [0.25, 0.3) is 11.3 Å². The van der Waals surface area contributed by atoms with Crippen LogP contribution in [0.15, 0.2) is 48.7 Å². The minimum Gasteiger partial charge on any atom is -0.428 e. The molecule has 0 amide bonds. The SMILES string of the molecule is FC(F)C(F)(F)Oc1cccc(-c2ccccn2)c1. The van der Waals surface area contributed by atoms with E-state index in [4.69, 9.17) is 0 Å². The number of aromatic nitrogens is 1. The summed E-state index contributed by atoms with van der Waals surface area (Å²) in [6.07, 6.45) is -6.86. The van der Waals surface area contributed by atoms with Crippen molar-refractivity contribution in [3.05, 3.63) is 48.7 Å². The van der Waals surface area contributed by atoms with Crippen molar-refractivity contribution >= 4 is 0 Å². The predicted molar refractivity (Wildman–Crippen MR) is 61.3 cm³/mol. The van der Waals surface area contributed by atoms with E-state index in [1.165, 1.54) is 24.4 Å². The van der Waals surface area contributed by atoms with Crippen molar-refractivity contribution in [2.75, 3.05) is 0 Å². The second-order valence-electron chi connectivity index (χ2n) is 3.71. The van der Waals surface area contributed by atoms with Crippen molar-refractivity contribution in [3.8, 4) is 17.0 Å². The summed E-state index contributed by atoms with van der Waals surface area (Å²) in [5, 5.41) is 0. The number of rotatable bonds is 4. The topological polar surface area (TPSA) is 22.1 Å². The van der Waals surface area contributed by atoms with Gasteiger partial charge in [-0.1, -0.05) is 18.2 Å². The highest BCUT2D eigenvalue weighted by molar-refractivity contribution is 5.60. The molecule has 0 spiro atoms. The maximum absolute atomic E-state index is 12.8. The molecule has 2 nitrogen and oxygen atoms in total. The van der Waals surface area contributed by atoms with Crippen molar-refractivity contribution in [1.29, 1.82) is 0 Å². The van der Waals surface area contributed by atoms with Crippen molar-refractivity contribution in [2.45, 2.75) is 12.5 Å². The maximum Gasteiger partial charge on any atom is 0.461 e. The lowest BCUT2D eigenvalue weighted by molar-refractivity contribution is -0.253. The number of alkyl halides is 4. The van der Waals surface area contributed by atoms with E-state index in [0.717, 1.165) is 0 Å². The van der Waals surface area contributed by atoms with Crippen LogP contribution in [-0.2, 0) is 0 Å². The molecule has 0 bridgehead atoms. The average molecular weight is 271 g/mol. The minimum absolute atomic E-state index is 0.339. The molecule has 2 rings (SSSR count). The predicted octanol–water partition coefficient (Wildman–Crippen LogP) is 3.99. The lowest BCUT2D eigenvalue weighted by Gasteiger charge is -2.17.